The Morgan fingerprint density at radius 2 is 1.92 bits per heavy atom. The van der Waals surface area contributed by atoms with E-state index in [0.29, 0.717) is 16.2 Å². The molecule has 1 N–H and O–H groups in total. The molecule has 0 saturated carbocycles. The summed E-state index contributed by atoms with van der Waals surface area (Å²) in [5.74, 6) is -3.23. The van der Waals surface area contributed by atoms with Crippen molar-refractivity contribution in [3.8, 4) is 0 Å². The summed E-state index contributed by atoms with van der Waals surface area (Å²) in [7, 11) is -4.39. The van der Waals surface area contributed by atoms with Crippen LogP contribution in [0.1, 0.15) is 10.5 Å². The van der Waals surface area contributed by atoms with Gasteiger partial charge in [-0.15, -0.1) is 0 Å². The smallest absolute Gasteiger partial charge is 0.284 e. The topological polar surface area (TPSA) is 94.0 Å². The molecule has 2 heterocycles. The fourth-order valence-electron chi connectivity index (χ4n) is 2.00. The van der Waals surface area contributed by atoms with Crippen molar-refractivity contribution >= 4 is 33.2 Å². The molecule has 26 heavy (non-hydrogen) atoms. The normalized spacial score (nSPS) is 11.3. The van der Waals surface area contributed by atoms with E-state index in [-0.39, 0.29) is 11.4 Å². The van der Waals surface area contributed by atoms with E-state index in [9.17, 15) is 22.0 Å². The highest BCUT2D eigenvalue weighted by Crippen LogP contribution is 2.26. The maximum absolute atomic E-state index is 13.4. The summed E-state index contributed by atoms with van der Waals surface area (Å²) in [6.45, 7) is 0. The third-order valence-corrected chi connectivity index (χ3v) is 5.23. The second-order valence-corrected chi connectivity index (χ2v) is 7.14. The van der Waals surface area contributed by atoms with E-state index in [2.05, 4.69) is 15.4 Å². The highest BCUT2D eigenvalue weighted by atomic mass is 35.5. The van der Waals surface area contributed by atoms with Crippen LogP contribution in [-0.4, -0.2) is 28.5 Å². The number of nitrogens with one attached hydrogen (secondary N) is 1. The Morgan fingerprint density at radius 1 is 1.19 bits per heavy atom. The van der Waals surface area contributed by atoms with Crippen molar-refractivity contribution in [1.29, 1.82) is 0 Å². The highest BCUT2D eigenvalue weighted by Gasteiger charge is 2.24. The molecule has 3 aromatic rings. The molecule has 0 radical (unpaired) electrons. The van der Waals surface area contributed by atoms with Gasteiger partial charge in [0, 0.05) is 6.20 Å². The van der Waals surface area contributed by atoms with Crippen molar-refractivity contribution < 1.29 is 22.0 Å². The van der Waals surface area contributed by atoms with Crippen LogP contribution in [0.15, 0.2) is 53.8 Å². The lowest BCUT2D eigenvalue weighted by atomic mass is 10.3. The first-order valence-electron chi connectivity index (χ1n) is 6.96. The van der Waals surface area contributed by atoms with E-state index < -0.39 is 37.5 Å². The Labute approximate surface area is 151 Å². The lowest BCUT2D eigenvalue weighted by Gasteiger charge is -2.07. The number of hydrogen-bond donors (Lipinski definition) is 1. The molecule has 0 aliphatic heterocycles. The zero-order valence-electron chi connectivity index (χ0n) is 12.7. The summed E-state index contributed by atoms with van der Waals surface area (Å²) in [5.41, 5.74) is 0.176. The van der Waals surface area contributed by atoms with Crippen LogP contribution in [0.3, 0.4) is 0 Å². The number of anilines is 1. The number of carbonyl (C=O) groups is 1. The number of halogens is 3. The monoisotopic (exact) mass is 398 g/mol. The quantitative estimate of drug-likeness (QED) is 0.682. The molecule has 3 rings (SSSR count). The summed E-state index contributed by atoms with van der Waals surface area (Å²) < 4.78 is 52.0. The molecule has 0 saturated heterocycles. The lowest BCUT2D eigenvalue weighted by Crippen LogP contribution is -2.15. The van der Waals surface area contributed by atoms with E-state index in [4.69, 9.17) is 11.6 Å². The fourth-order valence-corrected chi connectivity index (χ4v) is 3.62. The van der Waals surface area contributed by atoms with E-state index in [0.717, 1.165) is 12.4 Å². The van der Waals surface area contributed by atoms with Gasteiger partial charge in [0.1, 0.15) is 10.6 Å². The van der Waals surface area contributed by atoms with Crippen molar-refractivity contribution in [2.75, 3.05) is 5.32 Å². The largest absolute Gasteiger partial charge is 0.318 e. The van der Waals surface area contributed by atoms with Crippen LogP contribution >= 0.6 is 11.6 Å². The van der Waals surface area contributed by atoms with Gasteiger partial charge in [-0.2, -0.15) is 17.6 Å². The third-order valence-electron chi connectivity index (χ3n) is 3.21. The first-order valence-corrected chi connectivity index (χ1v) is 8.78. The van der Waals surface area contributed by atoms with Gasteiger partial charge < -0.3 is 5.32 Å². The number of amides is 1. The standard InChI is InChI=1S/C15H9ClF2N4O3S/c16-10-5-11(17)12(18)6-14(10)26(24,25)22-8-9(7-20-22)21-15(23)13-3-1-2-4-19-13/h1-8H,(H,21,23). The molecule has 0 fully saturated rings. The van der Waals surface area contributed by atoms with E-state index in [1.165, 1.54) is 12.3 Å². The van der Waals surface area contributed by atoms with Gasteiger partial charge in [0.05, 0.1) is 23.1 Å². The number of benzene rings is 1. The third kappa shape index (κ3) is 3.41. The molecule has 7 nitrogen and oxygen atoms in total. The Hall–Kier alpha value is -2.85. The van der Waals surface area contributed by atoms with Crippen LogP contribution in [0, 0.1) is 11.6 Å². The minimum absolute atomic E-state index is 0.0583. The number of aromatic nitrogens is 3. The van der Waals surface area contributed by atoms with Gasteiger partial charge in [-0.25, -0.2) is 8.78 Å². The molecule has 0 bridgehead atoms. The summed E-state index contributed by atoms with van der Waals surface area (Å²) in [5, 5.41) is 5.54. The van der Waals surface area contributed by atoms with Crippen molar-refractivity contribution in [2.24, 2.45) is 0 Å². The maximum atomic E-state index is 13.4. The van der Waals surface area contributed by atoms with Crippen molar-refractivity contribution in [3.63, 3.8) is 0 Å². The lowest BCUT2D eigenvalue weighted by molar-refractivity contribution is 0.102. The molecule has 0 atom stereocenters. The van der Waals surface area contributed by atoms with Crippen LogP contribution in [0.25, 0.3) is 0 Å². The van der Waals surface area contributed by atoms with E-state index in [1.54, 1.807) is 12.1 Å². The number of carbonyl (C=O) groups excluding carboxylic acids is 1. The second kappa shape index (κ2) is 6.81. The van der Waals surface area contributed by atoms with Crippen LogP contribution < -0.4 is 5.32 Å². The predicted octanol–water partition coefficient (Wildman–Crippen LogP) is 2.70. The molecule has 0 unspecified atom stereocenters. The Morgan fingerprint density at radius 3 is 2.62 bits per heavy atom. The molecule has 0 aliphatic carbocycles. The van der Waals surface area contributed by atoms with Crippen molar-refractivity contribution in [1.82, 2.24) is 14.2 Å². The molecule has 0 aliphatic rings. The van der Waals surface area contributed by atoms with E-state index >= 15 is 0 Å². The SMILES string of the molecule is O=C(Nc1cnn(S(=O)(=O)c2cc(F)c(F)cc2Cl)c1)c1ccccn1. The fraction of sp³-hybridized carbons (Fsp3) is 0. The molecule has 11 heteroatoms. The summed E-state index contributed by atoms with van der Waals surface area (Å²) in [4.78, 5) is 15.2. The zero-order valence-corrected chi connectivity index (χ0v) is 14.3. The molecule has 0 spiro atoms. The minimum atomic E-state index is -4.39. The maximum Gasteiger partial charge on any atom is 0.284 e. The number of nitrogens with zero attached hydrogens (tertiary/aromatic N) is 3. The van der Waals surface area contributed by atoms with Gasteiger partial charge in [-0.3, -0.25) is 9.78 Å². The minimum Gasteiger partial charge on any atom is -0.318 e. The van der Waals surface area contributed by atoms with Gasteiger partial charge in [0.2, 0.25) is 0 Å². The van der Waals surface area contributed by atoms with E-state index in [1.807, 2.05) is 0 Å². The van der Waals surface area contributed by atoms with Gasteiger partial charge >= 0.3 is 0 Å². The summed E-state index contributed by atoms with van der Waals surface area (Å²) in [6.07, 6.45) is 3.49. The van der Waals surface area contributed by atoms with Crippen LogP contribution in [0.4, 0.5) is 14.5 Å². The molecule has 1 aromatic carbocycles. The van der Waals surface area contributed by atoms with Crippen molar-refractivity contribution in [2.45, 2.75) is 4.90 Å². The summed E-state index contributed by atoms with van der Waals surface area (Å²) in [6, 6.07) is 5.73. The van der Waals surface area contributed by atoms with Crippen LogP contribution in [0.5, 0.6) is 0 Å². The van der Waals surface area contributed by atoms with Crippen LogP contribution in [-0.2, 0) is 10.0 Å². The van der Waals surface area contributed by atoms with Gasteiger partial charge in [-0.1, -0.05) is 17.7 Å². The van der Waals surface area contributed by atoms with Crippen LogP contribution in [0.2, 0.25) is 5.02 Å². The van der Waals surface area contributed by atoms with Crippen molar-refractivity contribution in [3.05, 3.63) is 71.3 Å². The average molecular weight is 399 g/mol. The first kappa shape index (κ1) is 18.0. The molecule has 1 amide bonds. The Balaban J connectivity index is 1.89. The predicted molar refractivity (Wildman–Crippen MR) is 88.4 cm³/mol. The second-order valence-electron chi connectivity index (χ2n) is 4.97. The Bertz CT molecular complexity index is 1090. The van der Waals surface area contributed by atoms with Gasteiger partial charge in [-0.05, 0) is 24.3 Å². The number of pyridine rings is 1. The molecular weight excluding hydrogens is 390 g/mol. The number of rotatable bonds is 4. The summed E-state index contributed by atoms with van der Waals surface area (Å²) >= 11 is 5.70. The van der Waals surface area contributed by atoms with Gasteiger partial charge in [0.25, 0.3) is 15.9 Å². The highest BCUT2D eigenvalue weighted by molar-refractivity contribution is 7.90. The van der Waals surface area contributed by atoms with Gasteiger partial charge in [0.15, 0.2) is 11.6 Å². The molecule has 134 valence electrons. The Kier molecular flexibility index (Phi) is 4.70. The molecule has 2 aromatic heterocycles. The first-order chi connectivity index (χ1) is 12.3. The average Bonchev–Trinajstić information content (AvgIpc) is 3.08. The number of hydrogen-bond acceptors (Lipinski definition) is 5. The molecular formula is C15H9ClF2N4O3S. The zero-order chi connectivity index (χ0) is 18.9.